The number of rotatable bonds is 8. The van der Waals surface area contributed by atoms with E-state index < -0.39 is 17.2 Å². The zero-order valence-corrected chi connectivity index (χ0v) is 20.7. The summed E-state index contributed by atoms with van der Waals surface area (Å²) in [4.78, 5) is 30.7. The molecule has 1 N–H and O–H groups in total. The lowest BCUT2D eigenvalue weighted by Crippen LogP contribution is -2.50. The number of aromatic nitrogens is 1. The zero-order chi connectivity index (χ0) is 25.1. The van der Waals surface area contributed by atoms with Crippen LogP contribution >= 0.6 is 0 Å². The number of benzene rings is 1. The Morgan fingerprint density at radius 2 is 1.77 bits per heavy atom. The molecular weight excluding hydrogens is 455 g/mol. The van der Waals surface area contributed by atoms with E-state index in [1.807, 2.05) is 11.8 Å². The fourth-order valence-electron chi connectivity index (χ4n) is 5.33. The maximum absolute atomic E-state index is 15.1. The van der Waals surface area contributed by atoms with E-state index in [4.69, 9.17) is 9.47 Å². The van der Waals surface area contributed by atoms with E-state index in [0.717, 1.165) is 45.6 Å². The van der Waals surface area contributed by atoms with Gasteiger partial charge in [0.15, 0.2) is 0 Å². The molecule has 0 bridgehead atoms. The van der Waals surface area contributed by atoms with Crippen molar-refractivity contribution in [1.29, 1.82) is 0 Å². The first-order valence-corrected chi connectivity index (χ1v) is 12.2. The predicted molar refractivity (Wildman–Crippen MR) is 132 cm³/mol. The first-order chi connectivity index (χ1) is 16.9. The fraction of sp³-hybridized carbons (Fsp3) is 0.600. The number of likely N-dealkylation sites (tertiary alicyclic amines) is 1. The minimum absolute atomic E-state index is 0.0992. The Bertz CT molecular complexity index is 1100. The summed E-state index contributed by atoms with van der Waals surface area (Å²) >= 11 is 0. The number of pyridine rings is 1. The highest BCUT2D eigenvalue weighted by Crippen LogP contribution is 2.27. The topological polar surface area (TPSA) is 87.5 Å². The number of hydrogen-bond acceptors (Lipinski definition) is 7. The smallest absolute Gasteiger partial charge is 0.341 e. The molecule has 2 aliphatic rings. The van der Waals surface area contributed by atoms with Gasteiger partial charge in [0.2, 0.25) is 11.8 Å². The van der Waals surface area contributed by atoms with Crippen LogP contribution in [0.1, 0.15) is 30.1 Å². The Balaban J connectivity index is 1.41. The second kappa shape index (κ2) is 11.0. The van der Waals surface area contributed by atoms with Crippen LogP contribution in [0.15, 0.2) is 23.1 Å². The monoisotopic (exact) mass is 490 g/mol. The van der Waals surface area contributed by atoms with Crippen molar-refractivity contribution in [1.82, 2.24) is 14.4 Å². The first kappa shape index (κ1) is 25.6. The molecule has 0 radical (unpaired) electrons. The molecule has 4 rings (SSSR count). The number of carboxylic acid groups (broad SMARTS) is 1. The lowest BCUT2D eigenvalue weighted by atomic mass is 9.96. The average Bonchev–Trinajstić information content (AvgIpc) is 2.86. The van der Waals surface area contributed by atoms with Crippen LogP contribution < -0.4 is 10.3 Å². The van der Waals surface area contributed by atoms with Crippen LogP contribution in [0.25, 0.3) is 10.9 Å². The number of hydrogen-bond donors (Lipinski definition) is 1. The normalized spacial score (nSPS) is 18.6. The van der Waals surface area contributed by atoms with Crippen molar-refractivity contribution in [3.8, 4) is 0 Å². The van der Waals surface area contributed by atoms with Gasteiger partial charge >= 0.3 is 5.97 Å². The number of ether oxygens (including phenoxy) is 2. The Hall–Kier alpha value is -2.53. The number of aromatic carboxylic acids is 1. The minimum atomic E-state index is -1.30. The zero-order valence-electron chi connectivity index (χ0n) is 20.7. The third-order valence-corrected chi connectivity index (χ3v) is 7.30. The number of piperidine rings is 1. The van der Waals surface area contributed by atoms with Crippen LogP contribution in [-0.4, -0.2) is 91.9 Å². The van der Waals surface area contributed by atoms with Gasteiger partial charge in [0, 0.05) is 78.2 Å². The van der Waals surface area contributed by atoms with E-state index in [2.05, 4.69) is 9.80 Å². The van der Waals surface area contributed by atoms with Crippen LogP contribution in [0, 0.1) is 11.7 Å². The van der Waals surface area contributed by atoms with Crippen molar-refractivity contribution in [3.63, 3.8) is 0 Å². The number of aryl methyl sites for hydroxylation is 1. The largest absolute Gasteiger partial charge is 0.477 e. The first-order valence-electron chi connectivity index (χ1n) is 12.2. The Morgan fingerprint density at radius 1 is 1.11 bits per heavy atom. The third kappa shape index (κ3) is 5.35. The SMILES string of the molecule is CCn1cc(C(=O)O)c(=O)c2cc(F)c(N3CCN(CC4CCN(C(OC)OC)CC4)CC3)cc21. The van der Waals surface area contributed by atoms with Gasteiger partial charge in [-0.3, -0.25) is 14.6 Å². The van der Waals surface area contributed by atoms with Crippen LogP contribution in [-0.2, 0) is 16.0 Å². The molecule has 1 aromatic heterocycles. The molecule has 0 amide bonds. The van der Waals surface area contributed by atoms with Crippen molar-refractivity contribution in [2.45, 2.75) is 32.7 Å². The summed E-state index contributed by atoms with van der Waals surface area (Å²) in [7, 11) is 3.32. The number of methoxy groups -OCH3 is 2. The molecule has 0 spiro atoms. The quantitative estimate of drug-likeness (QED) is 0.564. The van der Waals surface area contributed by atoms with Crippen molar-refractivity contribution in [2.24, 2.45) is 5.92 Å². The summed E-state index contributed by atoms with van der Waals surface area (Å²) in [6.45, 7) is 8.34. The van der Waals surface area contributed by atoms with Gasteiger partial charge in [-0.2, -0.15) is 0 Å². The van der Waals surface area contributed by atoms with E-state index in [1.54, 1.807) is 24.9 Å². The van der Waals surface area contributed by atoms with Gasteiger partial charge in [-0.1, -0.05) is 0 Å². The van der Waals surface area contributed by atoms with E-state index in [-0.39, 0.29) is 17.4 Å². The molecule has 0 atom stereocenters. The Morgan fingerprint density at radius 3 is 2.34 bits per heavy atom. The van der Waals surface area contributed by atoms with E-state index in [9.17, 15) is 14.7 Å². The average molecular weight is 491 g/mol. The second-order valence-electron chi connectivity index (χ2n) is 9.33. The van der Waals surface area contributed by atoms with Gasteiger partial charge in [0.25, 0.3) is 0 Å². The summed E-state index contributed by atoms with van der Waals surface area (Å²) in [5.41, 5.74) is 0.0190. The standard InChI is InChI=1S/C25H35FN4O5/c1-4-28-16-19(24(32)33)23(31)18-13-20(26)22(14-21(18)28)29-11-9-27(10-12-29)15-17-5-7-30(8-6-17)25(34-2)35-3/h13-14,16-17,25H,4-12,15H2,1-3H3,(H,32,33). The van der Waals surface area contributed by atoms with E-state index >= 15 is 4.39 Å². The summed E-state index contributed by atoms with van der Waals surface area (Å²) < 4.78 is 27.5. The van der Waals surface area contributed by atoms with E-state index in [1.165, 1.54) is 12.3 Å². The van der Waals surface area contributed by atoms with Gasteiger partial charge in [0.05, 0.1) is 11.2 Å². The number of carboxylic acids is 1. The molecule has 10 heteroatoms. The molecule has 0 aliphatic carbocycles. The molecule has 2 fully saturated rings. The maximum Gasteiger partial charge on any atom is 0.341 e. The third-order valence-electron chi connectivity index (χ3n) is 7.30. The highest BCUT2D eigenvalue weighted by Gasteiger charge is 2.28. The lowest BCUT2D eigenvalue weighted by Gasteiger charge is -2.40. The maximum atomic E-state index is 15.1. The predicted octanol–water partition coefficient (Wildman–Crippen LogP) is 2.27. The molecule has 2 aliphatic heterocycles. The number of anilines is 1. The summed E-state index contributed by atoms with van der Waals surface area (Å²) in [6, 6.07) is 2.88. The van der Waals surface area contributed by atoms with Crippen molar-refractivity contribution in [2.75, 3.05) is 64.9 Å². The Kier molecular flexibility index (Phi) is 8.05. The minimum Gasteiger partial charge on any atom is -0.477 e. The number of halogens is 1. The van der Waals surface area contributed by atoms with Gasteiger partial charge in [-0.15, -0.1) is 0 Å². The van der Waals surface area contributed by atoms with Crippen molar-refractivity contribution >= 4 is 22.6 Å². The molecule has 1 aromatic carbocycles. The van der Waals surface area contributed by atoms with E-state index in [0.29, 0.717) is 36.8 Å². The molecule has 2 aromatic rings. The van der Waals surface area contributed by atoms with Crippen LogP contribution in [0.4, 0.5) is 10.1 Å². The van der Waals surface area contributed by atoms with Gasteiger partial charge in [-0.25, -0.2) is 9.18 Å². The number of nitrogens with zero attached hydrogens (tertiary/aromatic N) is 4. The summed E-state index contributed by atoms with van der Waals surface area (Å²) in [5.74, 6) is -1.18. The van der Waals surface area contributed by atoms with Crippen LogP contribution in [0.5, 0.6) is 0 Å². The lowest BCUT2D eigenvalue weighted by molar-refractivity contribution is -0.202. The van der Waals surface area contributed by atoms with Gasteiger partial charge < -0.3 is 24.0 Å². The number of carbonyl (C=O) groups is 1. The van der Waals surface area contributed by atoms with Crippen LogP contribution in [0.2, 0.25) is 0 Å². The Labute approximate surface area is 204 Å². The highest BCUT2D eigenvalue weighted by atomic mass is 19.1. The molecule has 0 unspecified atom stereocenters. The summed E-state index contributed by atoms with van der Waals surface area (Å²) in [5, 5.41) is 9.44. The second-order valence-corrected chi connectivity index (χ2v) is 9.33. The number of fused-ring (bicyclic) bond motifs is 1. The molecule has 3 heterocycles. The molecule has 192 valence electrons. The van der Waals surface area contributed by atoms with Crippen molar-refractivity contribution < 1.29 is 23.8 Å². The molecular formula is C25H35FN4O5. The molecule has 2 saturated heterocycles. The highest BCUT2D eigenvalue weighted by molar-refractivity contribution is 5.93. The number of piperazine rings is 1. The van der Waals surface area contributed by atoms with Crippen molar-refractivity contribution in [3.05, 3.63) is 39.9 Å². The van der Waals surface area contributed by atoms with Crippen LogP contribution in [0.3, 0.4) is 0 Å². The fourth-order valence-corrected chi connectivity index (χ4v) is 5.33. The molecule has 9 nitrogen and oxygen atoms in total. The van der Waals surface area contributed by atoms with Gasteiger partial charge in [-0.05, 0) is 37.8 Å². The van der Waals surface area contributed by atoms with Gasteiger partial charge in [0.1, 0.15) is 11.4 Å². The molecule has 0 saturated carbocycles. The summed E-state index contributed by atoms with van der Waals surface area (Å²) in [6.07, 6.45) is 3.25. The molecule has 35 heavy (non-hydrogen) atoms.